The van der Waals surface area contributed by atoms with Crippen molar-refractivity contribution in [2.45, 2.75) is 44.8 Å². The molecule has 0 spiro atoms. The number of hydrogen-bond acceptors (Lipinski definition) is 2. The van der Waals surface area contributed by atoms with E-state index in [1.165, 1.54) is 12.1 Å². The molecular formula is C17H18F3N3O. The predicted octanol–water partition coefficient (Wildman–Crippen LogP) is 4.08. The summed E-state index contributed by atoms with van der Waals surface area (Å²) >= 11 is 0. The fourth-order valence-corrected chi connectivity index (χ4v) is 2.98. The van der Waals surface area contributed by atoms with E-state index in [1.54, 1.807) is 6.92 Å². The lowest BCUT2D eigenvalue weighted by Crippen LogP contribution is -2.33. The van der Waals surface area contributed by atoms with Gasteiger partial charge in [0.05, 0.1) is 5.56 Å². The van der Waals surface area contributed by atoms with Crippen LogP contribution in [0.3, 0.4) is 0 Å². The Balaban J connectivity index is 1.84. The van der Waals surface area contributed by atoms with Gasteiger partial charge in [0, 0.05) is 17.3 Å². The molecule has 1 amide bonds. The van der Waals surface area contributed by atoms with Crippen LogP contribution in [0.25, 0.3) is 11.4 Å². The quantitative estimate of drug-likeness (QED) is 0.887. The van der Waals surface area contributed by atoms with Gasteiger partial charge >= 0.3 is 6.18 Å². The summed E-state index contributed by atoms with van der Waals surface area (Å²) in [5.74, 6) is -0.0240. The highest BCUT2D eigenvalue weighted by Crippen LogP contribution is 2.31. The monoisotopic (exact) mass is 337 g/mol. The van der Waals surface area contributed by atoms with Crippen molar-refractivity contribution < 1.29 is 18.0 Å². The first-order valence-corrected chi connectivity index (χ1v) is 7.89. The number of imidazole rings is 1. The second-order valence-electron chi connectivity index (χ2n) is 6.09. The van der Waals surface area contributed by atoms with E-state index in [2.05, 4.69) is 15.3 Å². The number of aromatic amines is 1. The number of aryl methyl sites for hydroxylation is 1. The van der Waals surface area contributed by atoms with Crippen molar-refractivity contribution in [1.82, 2.24) is 15.3 Å². The minimum absolute atomic E-state index is 0.158. The molecule has 0 bridgehead atoms. The van der Waals surface area contributed by atoms with Gasteiger partial charge in [-0.1, -0.05) is 25.0 Å². The number of amides is 1. The third-order valence-corrected chi connectivity index (χ3v) is 4.25. The third kappa shape index (κ3) is 3.44. The molecule has 1 fully saturated rings. The molecule has 1 aromatic carbocycles. The van der Waals surface area contributed by atoms with Crippen molar-refractivity contribution in [2.24, 2.45) is 0 Å². The Morgan fingerprint density at radius 3 is 2.67 bits per heavy atom. The molecule has 7 heteroatoms. The van der Waals surface area contributed by atoms with Crippen molar-refractivity contribution in [3.05, 3.63) is 41.2 Å². The second kappa shape index (κ2) is 6.30. The standard InChI is InChI=1S/C17H18F3N3O/c1-10-14(16(24)22-13-7-2-3-8-13)23-15(21-10)11-5-4-6-12(9-11)17(18,19)20/h4-6,9,13H,2-3,7-8H2,1H3,(H,21,23)(H,22,24). The SMILES string of the molecule is Cc1[nH]c(-c2cccc(C(F)(F)F)c2)nc1C(=O)NC1CCCC1. The molecule has 4 nitrogen and oxygen atoms in total. The number of rotatable bonds is 3. The smallest absolute Gasteiger partial charge is 0.348 e. The third-order valence-electron chi connectivity index (χ3n) is 4.25. The number of nitrogens with zero attached hydrogens (tertiary/aromatic N) is 1. The van der Waals surface area contributed by atoms with Gasteiger partial charge in [0.2, 0.25) is 0 Å². The molecular weight excluding hydrogens is 319 g/mol. The van der Waals surface area contributed by atoms with Crippen LogP contribution in [0.2, 0.25) is 0 Å². The lowest BCUT2D eigenvalue weighted by atomic mass is 10.1. The number of carbonyl (C=O) groups excluding carboxylic acids is 1. The van der Waals surface area contributed by atoms with Crippen molar-refractivity contribution in [3.8, 4) is 11.4 Å². The van der Waals surface area contributed by atoms with Gasteiger partial charge in [-0.3, -0.25) is 4.79 Å². The molecule has 128 valence electrons. The normalized spacial score (nSPS) is 15.7. The van der Waals surface area contributed by atoms with E-state index in [0.29, 0.717) is 11.3 Å². The molecule has 1 aromatic heterocycles. The maximum absolute atomic E-state index is 12.8. The van der Waals surface area contributed by atoms with E-state index in [9.17, 15) is 18.0 Å². The van der Waals surface area contributed by atoms with Crippen LogP contribution in [0.5, 0.6) is 0 Å². The molecule has 3 rings (SSSR count). The molecule has 2 aromatic rings. The first kappa shape index (κ1) is 16.5. The molecule has 0 atom stereocenters. The highest BCUT2D eigenvalue weighted by molar-refractivity contribution is 5.94. The van der Waals surface area contributed by atoms with E-state index in [-0.39, 0.29) is 23.5 Å². The van der Waals surface area contributed by atoms with E-state index in [0.717, 1.165) is 37.8 Å². The van der Waals surface area contributed by atoms with Crippen molar-refractivity contribution in [2.75, 3.05) is 0 Å². The van der Waals surface area contributed by atoms with Crippen LogP contribution in [0, 0.1) is 6.92 Å². The van der Waals surface area contributed by atoms with Gasteiger partial charge in [0.1, 0.15) is 11.5 Å². The predicted molar refractivity (Wildman–Crippen MR) is 83.5 cm³/mol. The number of alkyl halides is 3. The number of hydrogen-bond donors (Lipinski definition) is 2. The molecule has 0 saturated heterocycles. The van der Waals surface area contributed by atoms with Crippen LogP contribution in [0.1, 0.15) is 47.4 Å². The summed E-state index contributed by atoms with van der Waals surface area (Å²) in [5, 5.41) is 2.93. The van der Waals surface area contributed by atoms with Crippen LogP contribution in [0.4, 0.5) is 13.2 Å². The number of H-pyrrole nitrogens is 1. The Labute approximate surface area is 137 Å². The zero-order chi connectivity index (χ0) is 17.3. The zero-order valence-electron chi connectivity index (χ0n) is 13.2. The van der Waals surface area contributed by atoms with Crippen LogP contribution in [-0.4, -0.2) is 21.9 Å². The molecule has 24 heavy (non-hydrogen) atoms. The maximum Gasteiger partial charge on any atom is 0.416 e. The largest absolute Gasteiger partial charge is 0.416 e. The van der Waals surface area contributed by atoms with Gasteiger partial charge in [-0.05, 0) is 31.9 Å². The van der Waals surface area contributed by atoms with E-state index in [1.807, 2.05) is 0 Å². The molecule has 0 unspecified atom stereocenters. The molecule has 1 heterocycles. The molecule has 1 aliphatic rings. The van der Waals surface area contributed by atoms with Crippen LogP contribution < -0.4 is 5.32 Å². The van der Waals surface area contributed by atoms with Gasteiger partial charge in [-0.15, -0.1) is 0 Å². The van der Waals surface area contributed by atoms with Gasteiger partial charge in [0.15, 0.2) is 0 Å². The Morgan fingerprint density at radius 1 is 1.29 bits per heavy atom. The summed E-state index contributed by atoms with van der Waals surface area (Å²) < 4.78 is 38.5. The molecule has 0 aliphatic heterocycles. The Morgan fingerprint density at radius 2 is 2.00 bits per heavy atom. The second-order valence-corrected chi connectivity index (χ2v) is 6.09. The Hall–Kier alpha value is -2.31. The van der Waals surface area contributed by atoms with Crippen LogP contribution >= 0.6 is 0 Å². The van der Waals surface area contributed by atoms with Crippen molar-refractivity contribution in [3.63, 3.8) is 0 Å². The summed E-state index contributed by atoms with van der Waals surface area (Å²) in [6, 6.07) is 5.05. The summed E-state index contributed by atoms with van der Waals surface area (Å²) in [6.45, 7) is 1.69. The van der Waals surface area contributed by atoms with Crippen molar-refractivity contribution >= 4 is 5.91 Å². The van der Waals surface area contributed by atoms with Crippen LogP contribution in [0.15, 0.2) is 24.3 Å². The first-order valence-electron chi connectivity index (χ1n) is 7.89. The fraction of sp³-hybridized carbons (Fsp3) is 0.412. The van der Waals surface area contributed by atoms with Gasteiger partial charge in [0.25, 0.3) is 5.91 Å². The van der Waals surface area contributed by atoms with Gasteiger partial charge in [-0.2, -0.15) is 13.2 Å². The molecule has 0 radical (unpaired) electrons. The summed E-state index contributed by atoms with van der Waals surface area (Å²) in [7, 11) is 0. The van der Waals surface area contributed by atoms with Crippen LogP contribution in [-0.2, 0) is 6.18 Å². The molecule has 1 saturated carbocycles. The minimum atomic E-state index is -4.42. The number of carbonyl (C=O) groups is 1. The minimum Gasteiger partial charge on any atom is -0.348 e. The zero-order valence-corrected chi connectivity index (χ0v) is 13.2. The molecule has 1 aliphatic carbocycles. The highest BCUT2D eigenvalue weighted by atomic mass is 19.4. The highest BCUT2D eigenvalue weighted by Gasteiger charge is 2.31. The number of aromatic nitrogens is 2. The lowest BCUT2D eigenvalue weighted by molar-refractivity contribution is -0.137. The summed E-state index contributed by atoms with van der Waals surface area (Å²) in [4.78, 5) is 19.4. The topological polar surface area (TPSA) is 57.8 Å². The Kier molecular flexibility index (Phi) is 4.34. The van der Waals surface area contributed by atoms with Gasteiger partial charge < -0.3 is 10.3 Å². The fourth-order valence-electron chi connectivity index (χ4n) is 2.98. The van der Waals surface area contributed by atoms with Crippen molar-refractivity contribution in [1.29, 1.82) is 0 Å². The van der Waals surface area contributed by atoms with E-state index >= 15 is 0 Å². The average molecular weight is 337 g/mol. The Bertz CT molecular complexity index is 746. The number of nitrogens with one attached hydrogen (secondary N) is 2. The average Bonchev–Trinajstić information content (AvgIpc) is 3.16. The lowest BCUT2D eigenvalue weighted by Gasteiger charge is -2.10. The number of halogens is 3. The van der Waals surface area contributed by atoms with Gasteiger partial charge in [-0.25, -0.2) is 4.98 Å². The summed E-state index contributed by atoms with van der Waals surface area (Å²) in [5.41, 5.74) is 0.325. The molecule has 2 N–H and O–H groups in total. The van der Waals surface area contributed by atoms with E-state index < -0.39 is 11.7 Å². The summed E-state index contributed by atoms with van der Waals surface area (Å²) in [6.07, 6.45) is -0.314. The first-order chi connectivity index (χ1) is 11.3. The maximum atomic E-state index is 12.8. The number of benzene rings is 1. The van der Waals surface area contributed by atoms with E-state index in [4.69, 9.17) is 0 Å².